The molecule has 0 aromatic heterocycles. The topological polar surface area (TPSA) is 85.3 Å². The summed E-state index contributed by atoms with van der Waals surface area (Å²) in [7, 11) is -1.12. The molecule has 0 spiro atoms. The van der Waals surface area contributed by atoms with Gasteiger partial charge in [0.1, 0.15) is 5.82 Å². The maximum absolute atomic E-state index is 13.1. The number of sulfonamides is 1. The van der Waals surface area contributed by atoms with Crippen LogP contribution in [0.5, 0.6) is 11.5 Å². The lowest BCUT2D eigenvalue weighted by atomic mass is 10.2. The summed E-state index contributed by atoms with van der Waals surface area (Å²) in [4.78, 5) is 14.2. The van der Waals surface area contributed by atoms with Crippen LogP contribution in [0.3, 0.4) is 0 Å². The average molecular weight is 463 g/mol. The molecule has 0 saturated carbocycles. The predicted molar refractivity (Wildman–Crippen MR) is 118 cm³/mol. The molecule has 0 atom stereocenters. The van der Waals surface area contributed by atoms with E-state index in [2.05, 4.69) is 11.0 Å². The zero-order valence-electron chi connectivity index (χ0n) is 16.7. The van der Waals surface area contributed by atoms with Crippen LogP contribution in [-0.2, 0) is 14.8 Å². The first-order valence-corrected chi connectivity index (χ1v) is 11.2. The first-order chi connectivity index (χ1) is 14.8. The summed E-state index contributed by atoms with van der Waals surface area (Å²) in [6, 6.07) is 9.44. The van der Waals surface area contributed by atoms with E-state index in [0.29, 0.717) is 17.1 Å². The highest BCUT2D eigenvalue weighted by atomic mass is 32.2. The van der Waals surface area contributed by atoms with E-state index in [1.54, 1.807) is 24.3 Å². The molecule has 1 aliphatic rings. The van der Waals surface area contributed by atoms with Crippen molar-refractivity contribution >= 4 is 38.9 Å². The normalized spacial score (nSPS) is 16.7. The number of ether oxygens (including phenoxy) is 2. The average Bonchev–Trinajstić information content (AvgIpc) is 3.02. The molecule has 2 aromatic rings. The van der Waals surface area contributed by atoms with Gasteiger partial charge in [-0.2, -0.15) is 8.42 Å². The summed E-state index contributed by atoms with van der Waals surface area (Å²) in [5.41, 5.74) is 0.662. The van der Waals surface area contributed by atoms with Gasteiger partial charge in [-0.25, -0.2) is 4.39 Å². The minimum Gasteiger partial charge on any atom is -0.493 e. The Hall–Kier alpha value is -3.11. The quantitative estimate of drug-likeness (QED) is 0.461. The second kappa shape index (κ2) is 9.36. The number of rotatable bonds is 7. The number of methoxy groups -OCH3 is 2. The van der Waals surface area contributed by atoms with Crippen molar-refractivity contribution in [3.63, 3.8) is 0 Å². The zero-order valence-corrected chi connectivity index (χ0v) is 18.4. The summed E-state index contributed by atoms with van der Waals surface area (Å²) in [5, 5.41) is -0.0130. The standard InChI is InChI=1S/C21H19FN2O5S2/c1-4-11-24-20(25)19(13-14-5-10-17(28-2)18(12-14)29-3)30-21(24)23-31(26,27)16-8-6-15(22)7-9-16/h4-10,12-13H,1,11H2,2-3H3/b19-13+,23-21?. The van der Waals surface area contributed by atoms with Crippen molar-refractivity contribution in [2.75, 3.05) is 20.8 Å². The molecule has 0 bridgehead atoms. The summed E-state index contributed by atoms with van der Waals surface area (Å²) >= 11 is 0.924. The molecule has 0 unspecified atom stereocenters. The molecule has 0 radical (unpaired) electrons. The molecular formula is C21H19FN2O5S2. The largest absolute Gasteiger partial charge is 0.493 e. The first-order valence-electron chi connectivity index (χ1n) is 8.94. The van der Waals surface area contributed by atoms with E-state index in [4.69, 9.17) is 9.47 Å². The van der Waals surface area contributed by atoms with Crippen molar-refractivity contribution in [1.29, 1.82) is 0 Å². The summed E-state index contributed by atoms with van der Waals surface area (Å²) < 4.78 is 52.7. The molecule has 1 saturated heterocycles. The lowest BCUT2D eigenvalue weighted by Crippen LogP contribution is -2.29. The first kappa shape index (κ1) is 22.6. The van der Waals surface area contributed by atoms with Gasteiger partial charge in [0.25, 0.3) is 15.9 Å². The SMILES string of the molecule is C=CCN1C(=O)/C(=C\c2ccc(OC)c(OC)c2)SC1=NS(=O)(=O)c1ccc(F)cc1. The summed E-state index contributed by atoms with van der Waals surface area (Å²) in [5.74, 6) is 0.0530. The van der Waals surface area contributed by atoms with Crippen molar-refractivity contribution in [2.45, 2.75) is 4.90 Å². The Labute approximate surface area is 183 Å². The summed E-state index contributed by atoms with van der Waals surface area (Å²) in [6.07, 6.45) is 3.08. The Morgan fingerprint density at radius 2 is 1.81 bits per heavy atom. The Kier molecular flexibility index (Phi) is 6.81. The molecule has 7 nitrogen and oxygen atoms in total. The third kappa shape index (κ3) is 4.97. The molecule has 1 amide bonds. The van der Waals surface area contributed by atoms with Crippen LogP contribution in [0, 0.1) is 5.82 Å². The molecule has 0 N–H and O–H groups in total. The van der Waals surface area contributed by atoms with Gasteiger partial charge in [-0.1, -0.05) is 12.1 Å². The molecule has 0 aliphatic carbocycles. The van der Waals surface area contributed by atoms with Gasteiger partial charge in [0.05, 0.1) is 24.0 Å². The van der Waals surface area contributed by atoms with E-state index >= 15 is 0 Å². The molecule has 10 heteroatoms. The predicted octanol–water partition coefficient (Wildman–Crippen LogP) is 3.69. The van der Waals surface area contributed by atoms with Crippen molar-refractivity contribution in [3.05, 3.63) is 71.4 Å². The molecular weight excluding hydrogens is 443 g/mol. The van der Waals surface area contributed by atoms with Crippen LogP contribution >= 0.6 is 11.8 Å². The van der Waals surface area contributed by atoms with E-state index in [0.717, 1.165) is 36.0 Å². The highest BCUT2D eigenvalue weighted by Gasteiger charge is 2.34. The number of carbonyl (C=O) groups excluding carboxylic acids is 1. The van der Waals surface area contributed by atoms with Gasteiger partial charge in [0.15, 0.2) is 16.7 Å². The summed E-state index contributed by atoms with van der Waals surface area (Å²) in [6.45, 7) is 3.69. The van der Waals surface area contributed by atoms with Crippen LogP contribution in [0.4, 0.5) is 4.39 Å². The number of hydrogen-bond acceptors (Lipinski definition) is 6. The molecule has 31 heavy (non-hydrogen) atoms. The molecule has 162 valence electrons. The van der Waals surface area contributed by atoms with Crippen LogP contribution in [0.1, 0.15) is 5.56 Å². The number of amidine groups is 1. The van der Waals surface area contributed by atoms with Gasteiger partial charge in [0, 0.05) is 6.54 Å². The fourth-order valence-corrected chi connectivity index (χ4v) is 4.91. The highest BCUT2D eigenvalue weighted by Crippen LogP contribution is 2.35. The van der Waals surface area contributed by atoms with Crippen LogP contribution in [0.25, 0.3) is 6.08 Å². The van der Waals surface area contributed by atoms with Gasteiger partial charge in [-0.15, -0.1) is 11.0 Å². The van der Waals surface area contributed by atoms with Crippen molar-refractivity contribution in [2.24, 2.45) is 4.40 Å². The lowest BCUT2D eigenvalue weighted by Gasteiger charge is -2.12. The van der Waals surface area contributed by atoms with Crippen molar-refractivity contribution in [3.8, 4) is 11.5 Å². The van der Waals surface area contributed by atoms with E-state index in [-0.39, 0.29) is 21.5 Å². The fraction of sp³-hybridized carbons (Fsp3) is 0.143. The fourth-order valence-electron chi connectivity index (χ4n) is 2.72. The van der Waals surface area contributed by atoms with E-state index in [1.165, 1.54) is 25.2 Å². The van der Waals surface area contributed by atoms with Crippen LogP contribution in [-0.4, -0.2) is 45.2 Å². The van der Waals surface area contributed by atoms with Gasteiger partial charge < -0.3 is 9.47 Å². The maximum Gasteiger partial charge on any atom is 0.284 e. The Morgan fingerprint density at radius 1 is 1.13 bits per heavy atom. The molecule has 1 fully saturated rings. The van der Waals surface area contributed by atoms with Gasteiger partial charge in [-0.05, 0) is 59.8 Å². The molecule has 1 heterocycles. The second-order valence-electron chi connectivity index (χ2n) is 6.23. The van der Waals surface area contributed by atoms with E-state index < -0.39 is 21.7 Å². The molecule has 3 rings (SSSR count). The second-order valence-corrected chi connectivity index (χ2v) is 8.85. The molecule has 2 aromatic carbocycles. The monoisotopic (exact) mass is 462 g/mol. The Balaban J connectivity index is 1.99. The van der Waals surface area contributed by atoms with Crippen LogP contribution in [0.15, 0.2) is 69.3 Å². The van der Waals surface area contributed by atoms with E-state index in [1.807, 2.05) is 0 Å². The molecule has 1 aliphatic heterocycles. The van der Waals surface area contributed by atoms with Crippen molar-refractivity contribution in [1.82, 2.24) is 4.90 Å². The minimum absolute atomic E-state index is 0.0130. The van der Waals surface area contributed by atoms with Crippen LogP contribution in [0.2, 0.25) is 0 Å². The number of hydrogen-bond donors (Lipinski definition) is 0. The minimum atomic E-state index is -4.14. The highest BCUT2D eigenvalue weighted by molar-refractivity contribution is 8.19. The Bertz CT molecular complexity index is 1170. The number of benzene rings is 2. The van der Waals surface area contributed by atoms with Gasteiger partial charge in [0.2, 0.25) is 0 Å². The number of carbonyl (C=O) groups is 1. The lowest BCUT2D eigenvalue weighted by molar-refractivity contribution is -0.121. The number of nitrogens with zero attached hydrogens (tertiary/aromatic N) is 2. The van der Waals surface area contributed by atoms with Crippen molar-refractivity contribution < 1.29 is 27.1 Å². The number of halogens is 1. The number of thioether (sulfide) groups is 1. The zero-order chi connectivity index (χ0) is 22.6. The smallest absolute Gasteiger partial charge is 0.284 e. The van der Waals surface area contributed by atoms with E-state index in [9.17, 15) is 17.6 Å². The maximum atomic E-state index is 13.1. The Morgan fingerprint density at radius 3 is 2.42 bits per heavy atom. The van der Waals surface area contributed by atoms with Gasteiger partial charge in [-0.3, -0.25) is 9.69 Å². The van der Waals surface area contributed by atoms with Gasteiger partial charge >= 0.3 is 0 Å². The van der Waals surface area contributed by atoms with Crippen LogP contribution < -0.4 is 9.47 Å². The number of amides is 1. The third-order valence-corrected chi connectivity index (χ3v) is 6.62. The third-order valence-electron chi connectivity index (χ3n) is 4.21.